The van der Waals surface area contributed by atoms with Gasteiger partial charge in [0, 0.05) is 12.5 Å². The van der Waals surface area contributed by atoms with Crippen LogP contribution in [0, 0.1) is 6.92 Å². The summed E-state index contributed by atoms with van der Waals surface area (Å²) in [5, 5.41) is 9.26. The second-order valence-corrected chi connectivity index (χ2v) is 4.72. The number of aliphatic hydroxyl groups is 1. The Kier molecular flexibility index (Phi) is 3.11. The van der Waals surface area contributed by atoms with Gasteiger partial charge in [0.05, 0.1) is 0 Å². The lowest BCUT2D eigenvalue weighted by molar-refractivity contribution is 0.272. The quantitative estimate of drug-likeness (QED) is 0.785. The molecule has 0 saturated heterocycles. The van der Waals surface area contributed by atoms with Gasteiger partial charge in [-0.15, -0.1) is 0 Å². The van der Waals surface area contributed by atoms with Crippen LogP contribution in [0.2, 0.25) is 0 Å². The van der Waals surface area contributed by atoms with Crippen LogP contribution in [0.15, 0.2) is 12.1 Å². The van der Waals surface area contributed by atoms with Gasteiger partial charge < -0.3 is 5.11 Å². The molecule has 1 aromatic carbocycles. The maximum absolute atomic E-state index is 9.26. The Morgan fingerprint density at radius 3 is 2.53 bits per heavy atom. The zero-order valence-corrected chi connectivity index (χ0v) is 9.71. The molecule has 1 unspecified atom stereocenters. The minimum Gasteiger partial charge on any atom is -0.396 e. The highest BCUT2D eigenvalue weighted by molar-refractivity contribution is 5.43. The number of hydrogen-bond acceptors (Lipinski definition) is 1. The molecule has 1 nitrogen and oxygen atoms in total. The Labute approximate surface area is 92.1 Å². The number of benzene rings is 1. The molecule has 0 aromatic heterocycles. The van der Waals surface area contributed by atoms with Gasteiger partial charge in [-0.05, 0) is 54.9 Å². The van der Waals surface area contributed by atoms with Crippen molar-refractivity contribution in [2.24, 2.45) is 0 Å². The molecule has 1 aliphatic carbocycles. The van der Waals surface area contributed by atoms with E-state index in [1.54, 1.807) is 5.56 Å². The molecule has 0 heterocycles. The van der Waals surface area contributed by atoms with Crippen LogP contribution >= 0.6 is 0 Å². The van der Waals surface area contributed by atoms with Crippen molar-refractivity contribution in [2.75, 3.05) is 6.61 Å². The van der Waals surface area contributed by atoms with E-state index in [2.05, 4.69) is 26.0 Å². The summed E-state index contributed by atoms with van der Waals surface area (Å²) in [5.74, 6) is 0.289. The summed E-state index contributed by atoms with van der Waals surface area (Å²) >= 11 is 0. The molecule has 0 radical (unpaired) electrons. The molecule has 0 bridgehead atoms. The van der Waals surface area contributed by atoms with Gasteiger partial charge in [-0.3, -0.25) is 0 Å². The molecule has 0 spiro atoms. The van der Waals surface area contributed by atoms with Gasteiger partial charge >= 0.3 is 0 Å². The van der Waals surface area contributed by atoms with E-state index in [9.17, 15) is 5.11 Å². The second-order valence-electron chi connectivity index (χ2n) is 4.72. The summed E-state index contributed by atoms with van der Waals surface area (Å²) in [6.45, 7) is 4.58. The molecule has 0 saturated carbocycles. The maximum atomic E-state index is 9.26. The predicted octanol–water partition coefficient (Wildman–Crippen LogP) is 2.97. The van der Waals surface area contributed by atoms with Crippen molar-refractivity contribution < 1.29 is 5.11 Å². The van der Waals surface area contributed by atoms with Crippen LogP contribution in [-0.2, 0) is 12.8 Å². The topological polar surface area (TPSA) is 20.2 Å². The van der Waals surface area contributed by atoms with Crippen molar-refractivity contribution in [2.45, 2.75) is 45.4 Å². The maximum Gasteiger partial charge on any atom is 0.0497 e. The van der Waals surface area contributed by atoms with E-state index in [1.807, 2.05) is 0 Å². The van der Waals surface area contributed by atoms with Gasteiger partial charge in [0.1, 0.15) is 0 Å². The number of aliphatic hydroxyl groups excluding tert-OH is 1. The zero-order chi connectivity index (χ0) is 10.8. The van der Waals surface area contributed by atoms with E-state index < -0.39 is 0 Å². The third kappa shape index (κ3) is 1.93. The second kappa shape index (κ2) is 4.36. The fourth-order valence-corrected chi connectivity index (χ4v) is 2.64. The average molecular weight is 204 g/mol. The van der Waals surface area contributed by atoms with Crippen molar-refractivity contribution in [1.29, 1.82) is 0 Å². The Morgan fingerprint density at radius 1 is 1.20 bits per heavy atom. The van der Waals surface area contributed by atoms with E-state index in [-0.39, 0.29) is 12.5 Å². The summed E-state index contributed by atoms with van der Waals surface area (Å²) in [4.78, 5) is 0. The third-order valence-corrected chi connectivity index (χ3v) is 3.61. The molecular weight excluding hydrogens is 184 g/mol. The lowest BCUT2D eigenvalue weighted by Gasteiger charge is -2.23. The van der Waals surface area contributed by atoms with Crippen LogP contribution in [0.4, 0.5) is 0 Å². The Morgan fingerprint density at radius 2 is 1.87 bits per heavy atom. The molecule has 2 rings (SSSR count). The van der Waals surface area contributed by atoms with E-state index in [0.29, 0.717) is 0 Å². The molecule has 1 N–H and O–H groups in total. The van der Waals surface area contributed by atoms with E-state index in [1.165, 1.54) is 42.4 Å². The van der Waals surface area contributed by atoms with Crippen LogP contribution in [0.25, 0.3) is 0 Å². The molecule has 0 amide bonds. The molecule has 1 heteroatoms. The smallest absolute Gasteiger partial charge is 0.0497 e. The molecule has 15 heavy (non-hydrogen) atoms. The first-order valence-electron chi connectivity index (χ1n) is 5.96. The highest BCUT2D eigenvalue weighted by Crippen LogP contribution is 2.31. The Hall–Kier alpha value is -0.820. The molecule has 1 atom stereocenters. The minimum absolute atomic E-state index is 0.259. The summed E-state index contributed by atoms with van der Waals surface area (Å²) in [7, 11) is 0. The van der Waals surface area contributed by atoms with Gasteiger partial charge in [0.25, 0.3) is 0 Å². The fourth-order valence-electron chi connectivity index (χ4n) is 2.64. The lowest BCUT2D eigenvalue weighted by atomic mass is 9.82. The molecule has 82 valence electrons. The van der Waals surface area contributed by atoms with Gasteiger partial charge in [-0.25, -0.2) is 0 Å². The largest absolute Gasteiger partial charge is 0.396 e. The first kappa shape index (κ1) is 10.7. The summed E-state index contributed by atoms with van der Waals surface area (Å²) in [5.41, 5.74) is 5.89. The minimum atomic E-state index is 0.259. The van der Waals surface area contributed by atoms with Crippen LogP contribution < -0.4 is 0 Å². The van der Waals surface area contributed by atoms with E-state index >= 15 is 0 Å². The number of fused-ring (bicyclic) bond motifs is 1. The Balaban J connectivity index is 2.48. The zero-order valence-electron chi connectivity index (χ0n) is 9.71. The summed E-state index contributed by atoms with van der Waals surface area (Å²) < 4.78 is 0. The number of aryl methyl sites for hydroxylation is 1. The SMILES string of the molecule is Cc1ccc(C(C)CO)c2c1CCCC2. The van der Waals surface area contributed by atoms with Crippen molar-refractivity contribution in [3.8, 4) is 0 Å². The van der Waals surface area contributed by atoms with Crippen LogP contribution in [0.1, 0.15) is 47.9 Å². The molecular formula is C14H20O. The van der Waals surface area contributed by atoms with Gasteiger partial charge in [0.2, 0.25) is 0 Å². The molecule has 0 fully saturated rings. The average Bonchev–Trinajstić information content (AvgIpc) is 2.29. The van der Waals surface area contributed by atoms with Crippen molar-refractivity contribution in [1.82, 2.24) is 0 Å². The summed E-state index contributed by atoms with van der Waals surface area (Å²) in [6.07, 6.45) is 5.07. The fraction of sp³-hybridized carbons (Fsp3) is 0.571. The first-order chi connectivity index (χ1) is 7.24. The third-order valence-electron chi connectivity index (χ3n) is 3.61. The first-order valence-corrected chi connectivity index (χ1v) is 5.96. The van der Waals surface area contributed by atoms with E-state index in [0.717, 1.165) is 0 Å². The predicted molar refractivity (Wildman–Crippen MR) is 63.3 cm³/mol. The van der Waals surface area contributed by atoms with Crippen LogP contribution in [0.3, 0.4) is 0 Å². The van der Waals surface area contributed by atoms with Gasteiger partial charge in [-0.2, -0.15) is 0 Å². The summed E-state index contributed by atoms with van der Waals surface area (Å²) in [6, 6.07) is 4.42. The highest BCUT2D eigenvalue weighted by Gasteiger charge is 2.17. The van der Waals surface area contributed by atoms with Gasteiger partial charge in [-0.1, -0.05) is 19.1 Å². The highest BCUT2D eigenvalue weighted by atomic mass is 16.3. The van der Waals surface area contributed by atoms with Crippen molar-refractivity contribution in [3.05, 3.63) is 34.4 Å². The lowest BCUT2D eigenvalue weighted by Crippen LogP contribution is -2.11. The van der Waals surface area contributed by atoms with Crippen molar-refractivity contribution in [3.63, 3.8) is 0 Å². The normalized spacial score (nSPS) is 17.3. The van der Waals surface area contributed by atoms with E-state index in [4.69, 9.17) is 0 Å². The standard InChI is InChI=1S/C14H20O/c1-10-7-8-13(11(2)9-15)14-6-4-3-5-12(10)14/h7-8,11,15H,3-6,9H2,1-2H3. The Bertz CT molecular complexity index is 355. The van der Waals surface area contributed by atoms with Crippen molar-refractivity contribution >= 4 is 0 Å². The molecule has 1 aromatic rings. The monoisotopic (exact) mass is 204 g/mol. The van der Waals surface area contributed by atoms with Crippen LogP contribution in [-0.4, -0.2) is 11.7 Å². The van der Waals surface area contributed by atoms with Crippen LogP contribution in [0.5, 0.6) is 0 Å². The molecule has 0 aliphatic heterocycles. The number of rotatable bonds is 2. The van der Waals surface area contributed by atoms with Gasteiger partial charge in [0.15, 0.2) is 0 Å². The number of hydrogen-bond donors (Lipinski definition) is 1. The molecule has 1 aliphatic rings.